The Morgan fingerprint density at radius 3 is 2.95 bits per heavy atom. The van der Waals surface area contributed by atoms with Gasteiger partial charge in [0, 0.05) is 31.9 Å². The molecule has 1 saturated heterocycles. The maximum absolute atomic E-state index is 5.32. The fourth-order valence-electron chi connectivity index (χ4n) is 2.65. The standard InChI is InChI=1S/C14H26N4OS/c1-12-4-2-3-5-13(12)16-17-14(20)15-6-7-18-8-10-19-11-9-18/h12H,2-11H2,1H3,(H2,15,17,20)/b16-13-/t12-/m1/s1. The molecule has 1 aliphatic heterocycles. The summed E-state index contributed by atoms with van der Waals surface area (Å²) >= 11 is 5.26. The summed E-state index contributed by atoms with van der Waals surface area (Å²) in [6.45, 7) is 7.81. The second kappa shape index (κ2) is 8.54. The van der Waals surface area contributed by atoms with Crippen LogP contribution in [0.5, 0.6) is 0 Å². The molecule has 0 aromatic carbocycles. The number of hydrogen-bond donors (Lipinski definition) is 2. The Bertz CT molecular complexity index is 342. The molecule has 0 spiro atoms. The van der Waals surface area contributed by atoms with Gasteiger partial charge in [-0.05, 0) is 37.4 Å². The number of nitrogens with zero attached hydrogens (tertiary/aromatic N) is 2. The topological polar surface area (TPSA) is 48.9 Å². The lowest BCUT2D eigenvalue weighted by atomic mass is 9.89. The first-order chi connectivity index (χ1) is 9.75. The first-order valence-electron chi connectivity index (χ1n) is 7.66. The Hall–Kier alpha value is -0.720. The first kappa shape index (κ1) is 15.7. The van der Waals surface area contributed by atoms with E-state index in [1.54, 1.807) is 0 Å². The lowest BCUT2D eigenvalue weighted by molar-refractivity contribution is 0.0389. The van der Waals surface area contributed by atoms with Crippen LogP contribution in [-0.4, -0.2) is 55.1 Å². The molecule has 0 amide bonds. The van der Waals surface area contributed by atoms with Gasteiger partial charge in [-0.15, -0.1) is 0 Å². The minimum absolute atomic E-state index is 0.590. The molecule has 2 aliphatic rings. The Morgan fingerprint density at radius 2 is 2.20 bits per heavy atom. The van der Waals surface area contributed by atoms with Crippen molar-refractivity contribution < 1.29 is 4.74 Å². The molecule has 1 saturated carbocycles. The lowest BCUT2D eigenvalue weighted by Gasteiger charge is -2.26. The van der Waals surface area contributed by atoms with Crippen molar-refractivity contribution in [2.24, 2.45) is 11.0 Å². The number of hydrazone groups is 1. The molecule has 0 aromatic rings. The molecular weight excluding hydrogens is 272 g/mol. The smallest absolute Gasteiger partial charge is 0.186 e. The summed E-state index contributed by atoms with van der Waals surface area (Å²) in [6.07, 6.45) is 4.92. The van der Waals surface area contributed by atoms with Crippen molar-refractivity contribution in [1.82, 2.24) is 15.6 Å². The molecule has 1 heterocycles. The number of thiocarbonyl (C=S) groups is 1. The summed E-state index contributed by atoms with van der Waals surface area (Å²) in [5, 5.41) is 8.30. The van der Waals surface area contributed by atoms with Crippen LogP contribution in [0.2, 0.25) is 0 Å². The van der Waals surface area contributed by atoms with Crippen molar-refractivity contribution in [3.63, 3.8) is 0 Å². The van der Waals surface area contributed by atoms with Crippen LogP contribution in [0.15, 0.2) is 5.10 Å². The van der Waals surface area contributed by atoms with Crippen LogP contribution in [-0.2, 0) is 4.74 Å². The largest absolute Gasteiger partial charge is 0.379 e. The molecule has 6 heteroatoms. The van der Waals surface area contributed by atoms with Crippen molar-refractivity contribution in [2.75, 3.05) is 39.4 Å². The van der Waals surface area contributed by atoms with Gasteiger partial charge in [0.25, 0.3) is 0 Å². The van der Waals surface area contributed by atoms with E-state index in [-0.39, 0.29) is 0 Å². The SMILES string of the molecule is C[C@@H]1CCCC/C1=N/NC(=S)NCCN1CCOCC1. The van der Waals surface area contributed by atoms with E-state index < -0.39 is 0 Å². The normalized spacial score (nSPS) is 26.4. The van der Waals surface area contributed by atoms with E-state index in [4.69, 9.17) is 17.0 Å². The van der Waals surface area contributed by atoms with Crippen LogP contribution in [0.3, 0.4) is 0 Å². The highest BCUT2D eigenvalue weighted by molar-refractivity contribution is 7.80. The van der Waals surface area contributed by atoms with Crippen molar-refractivity contribution in [3.05, 3.63) is 0 Å². The highest BCUT2D eigenvalue weighted by atomic mass is 32.1. The summed E-state index contributed by atoms with van der Waals surface area (Å²) in [7, 11) is 0. The summed E-state index contributed by atoms with van der Waals surface area (Å²) in [6, 6.07) is 0. The van der Waals surface area contributed by atoms with E-state index >= 15 is 0 Å². The molecule has 0 unspecified atom stereocenters. The zero-order valence-electron chi connectivity index (χ0n) is 12.4. The Balaban J connectivity index is 1.61. The second-order valence-corrected chi connectivity index (χ2v) is 5.98. The molecule has 20 heavy (non-hydrogen) atoms. The molecule has 2 fully saturated rings. The van der Waals surface area contributed by atoms with E-state index in [1.165, 1.54) is 25.0 Å². The van der Waals surface area contributed by atoms with E-state index in [2.05, 4.69) is 27.7 Å². The van der Waals surface area contributed by atoms with Gasteiger partial charge in [-0.25, -0.2) is 0 Å². The summed E-state index contributed by atoms with van der Waals surface area (Å²) in [5.41, 5.74) is 4.24. The summed E-state index contributed by atoms with van der Waals surface area (Å²) < 4.78 is 5.32. The Labute approximate surface area is 127 Å². The van der Waals surface area contributed by atoms with Gasteiger partial charge in [0.15, 0.2) is 5.11 Å². The molecular formula is C14H26N4OS. The zero-order valence-corrected chi connectivity index (χ0v) is 13.2. The van der Waals surface area contributed by atoms with Crippen molar-refractivity contribution >= 4 is 23.0 Å². The van der Waals surface area contributed by atoms with Crippen molar-refractivity contribution in [3.8, 4) is 0 Å². The lowest BCUT2D eigenvalue weighted by Crippen LogP contribution is -2.43. The summed E-state index contributed by atoms with van der Waals surface area (Å²) in [4.78, 5) is 2.38. The van der Waals surface area contributed by atoms with Gasteiger partial charge in [0.2, 0.25) is 0 Å². The third kappa shape index (κ3) is 5.34. The molecule has 1 aliphatic carbocycles. The maximum atomic E-state index is 5.32. The fraction of sp³-hybridized carbons (Fsp3) is 0.857. The minimum Gasteiger partial charge on any atom is -0.379 e. The Morgan fingerprint density at radius 1 is 1.40 bits per heavy atom. The van der Waals surface area contributed by atoms with Crippen LogP contribution in [0.25, 0.3) is 0 Å². The third-order valence-corrected chi connectivity index (χ3v) is 4.24. The molecule has 0 aromatic heterocycles. The molecule has 114 valence electrons. The number of rotatable bonds is 4. The molecule has 2 rings (SSSR count). The average molecular weight is 298 g/mol. The highest BCUT2D eigenvalue weighted by Gasteiger charge is 2.15. The van der Waals surface area contributed by atoms with Gasteiger partial charge in [-0.1, -0.05) is 13.3 Å². The number of ether oxygens (including phenoxy) is 1. The Kier molecular flexibility index (Phi) is 6.69. The van der Waals surface area contributed by atoms with E-state index in [0.717, 1.165) is 45.8 Å². The van der Waals surface area contributed by atoms with Crippen LogP contribution < -0.4 is 10.7 Å². The van der Waals surface area contributed by atoms with Gasteiger partial charge in [0.05, 0.1) is 13.2 Å². The van der Waals surface area contributed by atoms with Crippen LogP contribution in [0.1, 0.15) is 32.6 Å². The average Bonchev–Trinajstić information content (AvgIpc) is 2.47. The molecule has 5 nitrogen and oxygen atoms in total. The zero-order chi connectivity index (χ0) is 14.2. The molecule has 0 bridgehead atoms. The molecule has 0 radical (unpaired) electrons. The maximum Gasteiger partial charge on any atom is 0.186 e. The highest BCUT2D eigenvalue weighted by Crippen LogP contribution is 2.20. The van der Waals surface area contributed by atoms with E-state index in [1.807, 2.05) is 0 Å². The van der Waals surface area contributed by atoms with Crippen molar-refractivity contribution in [1.29, 1.82) is 0 Å². The van der Waals surface area contributed by atoms with Crippen LogP contribution in [0, 0.1) is 5.92 Å². The van der Waals surface area contributed by atoms with Crippen molar-refractivity contribution in [2.45, 2.75) is 32.6 Å². The van der Waals surface area contributed by atoms with Gasteiger partial charge in [-0.3, -0.25) is 10.3 Å². The van der Waals surface area contributed by atoms with E-state index in [9.17, 15) is 0 Å². The monoisotopic (exact) mass is 298 g/mol. The van der Waals surface area contributed by atoms with Gasteiger partial charge in [-0.2, -0.15) is 5.10 Å². The fourth-order valence-corrected chi connectivity index (χ4v) is 2.80. The summed E-state index contributed by atoms with van der Waals surface area (Å²) in [5.74, 6) is 0.590. The van der Waals surface area contributed by atoms with Crippen LogP contribution >= 0.6 is 12.2 Å². The quantitative estimate of drug-likeness (QED) is 0.606. The van der Waals surface area contributed by atoms with E-state index in [0.29, 0.717) is 11.0 Å². The number of nitrogens with one attached hydrogen (secondary N) is 2. The van der Waals surface area contributed by atoms with Gasteiger partial charge >= 0.3 is 0 Å². The van der Waals surface area contributed by atoms with Gasteiger partial charge in [0.1, 0.15) is 0 Å². The molecule has 2 N–H and O–H groups in total. The predicted molar refractivity (Wildman–Crippen MR) is 86.1 cm³/mol. The first-order valence-corrected chi connectivity index (χ1v) is 8.07. The number of hydrogen-bond acceptors (Lipinski definition) is 4. The van der Waals surface area contributed by atoms with Gasteiger partial charge < -0.3 is 10.1 Å². The molecule has 1 atom stereocenters. The predicted octanol–water partition coefficient (Wildman–Crippen LogP) is 1.35. The second-order valence-electron chi connectivity index (χ2n) is 5.57. The third-order valence-electron chi connectivity index (χ3n) is 4.01. The minimum atomic E-state index is 0.590. The van der Waals surface area contributed by atoms with Crippen LogP contribution in [0.4, 0.5) is 0 Å². The number of morpholine rings is 1.